The Morgan fingerprint density at radius 1 is 1.00 bits per heavy atom. The molecule has 0 aliphatic rings. The maximum Gasteiger partial charge on any atom is 0.245 e. The zero-order valence-electron chi connectivity index (χ0n) is 13.9. The largest absolute Gasteiger partial charge is 0.476 e. The van der Waals surface area contributed by atoms with Crippen molar-refractivity contribution >= 4 is 34.4 Å². The number of aromatic nitrogens is 4. The van der Waals surface area contributed by atoms with Crippen LogP contribution in [0.5, 0.6) is 5.88 Å². The summed E-state index contributed by atoms with van der Waals surface area (Å²) in [5, 5.41) is 1.29. The van der Waals surface area contributed by atoms with Crippen LogP contribution >= 0.6 is 23.2 Å². The Labute approximate surface area is 160 Å². The van der Waals surface area contributed by atoms with Crippen LogP contribution in [-0.4, -0.2) is 26.1 Å². The van der Waals surface area contributed by atoms with Gasteiger partial charge in [-0.05, 0) is 43.3 Å². The van der Waals surface area contributed by atoms with Crippen LogP contribution in [0.15, 0.2) is 54.9 Å². The van der Waals surface area contributed by atoms with Gasteiger partial charge in [0.2, 0.25) is 5.88 Å². The van der Waals surface area contributed by atoms with Crippen molar-refractivity contribution < 1.29 is 4.74 Å². The number of hydrogen-bond donors (Lipinski definition) is 0. The lowest BCUT2D eigenvalue weighted by Crippen LogP contribution is -2.00. The van der Waals surface area contributed by atoms with Crippen LogP contribution in [-0.2, 0) is 0 Å². The molecule has 4 rings (SSSR count). The van der Waals surface area contributed by atoms with E-state index in [4.69, 9.17) is 32.9 Å². The molecule has 0 atom stereocenters. The van der Waals surface area contributed by atoms with Gasteiger partial charge in [0.25, 0.3) is 0 Å². The Kier molecular flexibility index (Phi) is 4.49. The van der Waals surface area contributed by atoms with Gasteiger partial charge in [-0.3, -0.25) is 4.57 Å². The Balaban J connectivity index is 2.04. The van der Waals surface area contributed by atoms with Crippen molar-refractivity contribution in [2.45, 2.75) is 6.92 Å². The molecule has 0 bridgehead atoms. The molecular weight excluding hydrogens is 371 g/mol. The summed E-state index contributed by atoms with van der Waals surface area (Å²) in [4.78, 5) is 13.4. The van der Waals surface area contributed by atoms with Crippen molar-refractivity contribution in [2.24, 2.45) is 0 Å². The molecular formula is C19H14Cl2N4O. The summed E-state index contributed by atoms with van der Waals surface area (Å²) in [6, 6.07) is 15.0. The average molecular weight is 385 g/mol. The lowest BCUT2D eigenvalue weighted by atomic mass is 10.2. The van der Waals surface area contributed by atoms with Gasteiger partial charge in [0.15, 0.2) is 11.2 Å². The molecule has 0 aliphatic carbocycles. The topological polar surface area (TPSA) is 52.8 Å². The van der Waals surface area contributed by atoms with E-state index < -0.39 is 0 Å². The van der Waals surface area contributed by atoms with E-state index in [-0.39, 0.29) is 0 Å². The highest BCUT2D eigenvalue weighted by atomic mass is 35.5. The minimum Gasteiger partial charge on any atom is -0.476 e. The first-order valence-corrected chi connectivity index (χ1v) is 8.81. The summed E-state index contributed by atoms with van der Waals surface area (Å²) < 4.78 is 7.57. The van der Waals surface area contributed by atoms with E-state index in [1.165, 1.54) is 6.33 Å². The summed E-state index contributed by atoms with van der Waals surface area (Å²) in [6.45, 7) is 2.40. The first kappa shape index (κ1) is 16.8. The Morgan fingerprint density at radius 3 is 2.54 bits per heavy atom. The number of halogens is 2. The van der Waals surface area contributed by atoms with Crippen molar-refractivity contribution in [1.29, 1.82) is 0 Å². The number of rotatable bonds is 4. The van der Waals surface area contributed by atoms with Gasteiger partial charge >= 0.3 is 0 Å². The van der Waals surface area contributed by atoms with E-state index in [2.05, 4.69) is 9.97 Å². The molecule has 0 aliphatic heterocycles. The lowest BCUT2D eigenvalue weighted by molar-refractivity contribution is 0.330. The van der Waals surface area contributed by atoms with Crippen molar-refractivity contribution in [3.8, 4) is 23.0 Å². The molecule has 0 N–H and O–H groups in total. The first-order chi connectivity index (χ1) is 12.7. The van der Waals surface area contributed by atoms with Gasteiger partial charge in [-0.2, -0.15) is 4.98 Å². The second-order valence-corrected chi connectivity index (χ2v) is 6.41. The SMILES string of the molecule is CCOc1ncnc2c1nc(-c1cccc(Cl)c1)n2-c1ccc(Cl)cc1. The molecule has 130 valence electrons. The van der Waals surface area contributed by atoms with Gasteiger partial charge in [0.1, 0.15) is 12.2 Å². The van der Waals surface area contributed by atoms with Gasteiger partial charge in [-0.15, -0.1) is 0 Å². The molecule has 0 fully saturated rings. The molecule has 0 saturated carbocycles. The maximum atomic E-state index is 6.19. The molecule has 5 nitrogen and oxygen atoms in total. The smallest absolute Gasteiger partial charge is 0.245 e. The fourth-order valence-corrected chi connectivity index (χ4v) is 3.09. The molecule has 0 saturated heterocycles. The molecule has 4 aromatic rings. The number of imidazole rings is 1. The summed E-state index contributed by atoms with van der Waals surface area (Å²) in [5.41, 5.74) is 3.00. The maximum absolute atomic E-state index is 6.19. The molecule has 26 heavy (non-hydrogen) atoms. The van der Waals surface area contributed by atoms with E-state index in [1.54, 1.807) is 0 Å². The van der Waals surface area contributed by atoms with E-state index in [9.17, 15) is 0 Å². The monoisotopic (exact) mass is 384 g/mol. The van der Waals surface area contributed by atoms with Crippen LogP contribution < -0.4 is 4.74 Å². The van der Waals surface area contributed by atoms with Crippen molar-refractivity contribution in [3.63, 3.8) is 0 Å². The third-order valence-electron chi connectivity index (χ3n) is 3.86. The number of fused-ring (bicyclic) bond motifs is 1. The van der Waals surface area contributed by atoms with Crippen molar-refractivity contribution in [3.05, 3.63) is 64.9 Å². The zero-order valence-corrected chi connectivity index (χ0v) is 15.4. The summed E-state index contributed by atoms with van der Waals surface area (Å²) >= 11 is 12.2. The van der Waals surface area contributed by atoms with Crippen LogP contribution in [0, 0.1) is 0 Å². The third-order valence-corrected chi connectivity index (χ3v) is 4.35. The minimum absolute atomic E-state index is 0.452. The van der Waals surface area contributed by atoms with E-state index in [1.807, 2.05) is 60.0 Å². The van der Waals surface area contributed by atoms with E-state index in [0.29, 0.717) is 39.5 Å². The first-order valence-electron chi connectivity index (χ1n) is 8.05. The normalized spacial score (nSPS) is 11.0. The van der Waals surface area contributed by atoms with Crippen LogP contribution in [0.4, 0.5) is 0 Å². The van der Waals surface area contributed by atoms with Gasteiger partial charge in [0.05, 0.1) is 6.61 Å². The van der Waals surface area contributed by atoms with Crippen LogP contribution in [0.2, 0.25) is 10.0 Å². The quantitative estimate of drug-likeness (QED) is 0.485. The molecule has 0 amide bonds. The molecule has 0 unspecified atom stereocenters. The van der Waals surface area contributed by atoms with Crippen molar-refractivity contribution in [1.82, 2.24) is 19.5 Å². The van der Waals surface area contributed by atoms with Gasteiger partial charge in [0, 0.05) is 21.3 Å². The Hall–Kier alpha value is -2.63. The van der Waals surface area contributed by atoms with Crippen LogP contribution in [0.3, 0.4) is 0 Å². The zero-order chi connectivity index (χ0) is 18.1. The number of benzene rings is 2. The highest BCUT2D eigenvalue weighted by Gasteiger charge is 2.19. The second kappa shape index (κ2) is 6.94. The molecule has 2 heterocycles. The molecule has 0 radical (unpaired) electrons. The highest BCUT2D eigenvalue weighted by molar-refractivity contribution is 6.31. The second-order valence-electron chi connectivity index (χ2n) is 5.54. The molecule has 2 aromatic heterocycles. The third kappa shape index (κ3) is 3.00. The van der Waals surface area contributed by atoms with Crippen LogP contribution in [0.25, 0.3) is 28.2 Å². The summed E-state index contributed by atoms with van der Waals surface area (Å²) in [6.07, 6.45) is 1.48. The predicted molar refractivity (Wildman–Crippen MR) is 103 cm³/mol. The van der Waals surface area contributed by atoms with Crippen LogP contribution in [0.1, 0.15) is 6.92 Å². The van der Waals surface area contributed by atoms with Gasteiger partial charge in [-0.1, -0.05) is 35.3 Å². The number of ether oxygens (including phenoxy) is 1. The summed E-state index contributed by atoms with van der Waals surface area (Å²) in [5.74, 6) is 1.15. The van der Waals surface area contributed by atoms with Crippen molar-refractivity contribution in [2.75, 3.05) is 6.61 Å². The lowest BCUT2D eigenvalue weighted by Gasteiger charge is -2.09. The molecule has 2 aromatic carbocycles. The fourth-order valence-electron chi connectivity index (χ4n) is 2.77. The average Bonchev–Trinajstić information content (AvgIpc) is 3.03. The minimum atomic E-state index is 0.452. The standard InChI is InChI=1S/C19H14Cl2N4O/c1-2-26-19-16-18(22-11-23-19)25(15-8-6-13(20)7-9-15)17(24-16)12-4-3-5-14(21)10-12/h3-11H,2H2,1H3. The fraction of sp³-hybridized carbons (Fsp3) is 0.105. The molecule has 7 heteroatoms. The summed E-state index contributed by atoms with van der Waals surface area (Å²) in [7, 11) is 0. The number of nitrogens with zero attached hydrogens (tertiary/aromatic N) is 4. The number of hydrogen-bond acceptors (Lipinski definition) is 4. The Bertz CT molecular complexity index is 1080. The predicted octanol–water partition coefficient (Wildman–Crippen LogP) is 5.19. The van der Waals surface area contributed by atoms with E-state index >= 15 is 0 Å². The highest BCUT2D eigenvalue weighted by Crippen LogP contribution is 2.32. The Morgan fingerprint density at radius 2 is 1.81 bits per heavy atom. The molecule has 0 spiro atoms. The van der Waals surface area contributed by atoms with E-state index in [0.717, 1.165) is 11.3 Å². The van der Waals surface area contributed by atoms with Gasteiger partial charge < -0.3 is 4.74 Å². The van der Waals surface area contributed by atoms with Gasteiger partial charge in [-0.25, -0.2) is 9.97 Å².